The Morgan fingerprint density at radius 3 is 2.35 bits per heavy atom. The molecule has 1 aromatic rings. The molecule has 112 valence electrons. The second-order valence-electron chi connectivity index (χ2n) is 5.35. The predicted octanol–water partition coefficient (Wildman–Crippen LogP) is 1.73. The fourth-order valence-corrected chi connectivity index (χ4v) is 4.43. The number of rotatable bonds is 5. The summed E-state index contributed by atoms with van der Waals surface area (Å²) in [5, 5.41) is 0. The first kappa shape index (κ1) is 15.3. The van der Waals surface area contributed by atoms with E-state index in [0.29, 0.717) is 28.3 Å². The maximum absolute atomic E-state index is 12.5. The number of nitrogens with one attached hydrogen (secondary N) is 1. The molecule has 0 bridgehead atoms. The number of anilines is 1. The molecule has 0 aliphatic heterocycles. The summed E-state index contributed by atoms with van der Waals surface area (Å²) < 4.78 is 33.1. The van der Waals surface area contributed by atoms with E-state index in [4.69, 9.17) is 10.5 Å². The zero-order valence-electron chi connectivity index (χ0n) is 12.1. The van der Waals surface area contributed by atoms with Gasteiger partial charge in [-0.15, -0.1) is 0 Å². The van der Waals surface area contributed by atoms with Crippen molar-refractivity contribution in [1.29, 1.82) is 0 Å². The van der Waals surface area contributed by atoms with Gasteiger partial charge in [0.25, 0.3) is 0 Å². The summed E-state index contributed by atoms with van der Waals surface area (Å²) in [5.41, 5.74) is 7.67. The van der Waals surface area contributed by atoms with E-state index < -0.39 is 10.0 Å². The number of nitrogens with two attached hydrogens (primary N) is 1. The Morgan fingerprint density at radius 2 is 1.85 bits per heavy atom. The van der Waals surface area contributed by atoms with E-state index in [0.717, 1.165) is 12.8 Å². The molecule has 3 N–H and O–H groups in total. The van der Waals surface area contributed by atoms with Crippen molar-refractivity contribution in [3.63, 3.8) is 0 Å². The standard InChI is InChI=1S/C14H22N2O3S/c1-4-19-13-7-12(8-13)16-20(17,18)14-9(2)5-11(15)6-10(14)3/h5-6,12-13,16H,4,7-8,15H2,1-3H3. The molecule has 0 spiro atoms. The summed E-state index contributed by atoms with van der Waals surface area (Å²) in [6.07, 6.45) is 1.65. The van der Waals surface area contributed by atoms with E-state index in [2.05, 4.69) is 4.72 Å². The van der Waals surface area contributed by atoms with Crippen LogP contribution in [0.5, 0.6) is 0 Å². The number of aryl methyl sites for hydroxylation is 2. The topological polar surface area (TPSA) is 81.4 Å². The Labute approximate surface area is 120 Å². The van der Waals surface area contributed by atoms with Gasteiger partial charge in [-0.3, -0.25) is 0 Å². The first-order valence-electron chi connectivity index (χ1n) is 6.84. The molecule has 20 heavy (non-hydrogen) atoms. The summed E-state index contributed by atoms with van der Waals surface area (Å²) in [4.78, 5) is 0.339. The normalized spacial score (nSPS) is 22.6. The highest BCUT2D eigenvalue weighted by Crippen LogP contribution is 2.28. The summed E-state index contributed by atoms with van der Waals surface area (Å²) >= 11 is 0. The molecule has 2 rings (SSSR count). The van der Waals surface area contributed by atoms with Gasteiger partial charge in [0, 0.05) is 18.3 Å². The second-order valence-corrected chi connectivity index (χ2v) is 7.00. The van der Waals surface area contributed by atoms with Crippen molar-refractivity contribution in [3.8, 4) is 0 Å². The Morgan fingerprint density at radius 1 is 1.30 bits per heavy atom. The van der Waals surface area contributed by atoms with Crippen LogP contribution in [0.25, 0.3) is 0 Å². The summed E-state index contributed by atoms with van der Waals surface area (Å²) in [6.45, 7) is 6.14. The lowest BCUT2D eigenvalue weighted by Crippen LogP contribution is -2.47. The highest BCUT2D eigenvalue weighted by molar-refractivity contribution is 7.89. The number of benzene rings is 1. The van der Waals surface area contributed by atoms with E-state index in [9.17, 15) is 8.42 Å². The van der Waals surface area contributed by atoms with Crippen LogP contribution in [0.15, 0.2) is 17.0 Å². The lowest BCUT2D eigenvalue weighted by molar-refractivity contribution is -0.00475. The molecule has 0 radical (unpaired) electrons. The van der Waals surface area contributed by atoms with Crippen LogP contribution in [0.1, 0.15) is 30.9 Å². The molecule has 0 saturated heterocycles. The van der Waals surface area contributed by atoms with Gasteiger partial charge in [0.05, 0.1) is 11.0 Å². The molecule has 1 aliphatic rings. The first-order chi connectivity index (χ1) is 9.33. The third-order valence-electron chi connectivity index (χ3n) is 3.57. The van der Waals surface area contributed by atoms with Crippen molar-refractivity contribution in [2.24, 2.45) is 0 Å². The van der Waals surface area contributed by atoms with Gasteiger partial charge in [-0.25, -0.2) is 13.1 Å². The fourth-order valence-electron chi connectivity index (χ4n) is 2.72. The monoisotopic (exact) mass is 298 g/mol. The summed E-state index contributed by atoms with van der Waals surface area (Å²) in [6, 6.07) is 3.34. The predicted molar refractivity (Wildman–Crippen MR) is 79.1 cm³/mol. The van der Waals surface area contributed by atoms with E-state index in [1.165, 1.54) is 0 Å². The van der Waals surface area contributed by atoms with Crippen LogP contribution in [0.4, 0.5) is 5.69 Å². The minimum Gasteiger partial charge on any atom is -0.399 e. The van der Waals surface area contributed by atoms with Crippen LogP contribution < -0.4 is 10.5 Å². The van der Waals surface area contributed by atoms with Crippen molar-refractivity contribution in [3.05, 3.63) is 23.3 Å². The lowest BCUT2D eigenvalue weighted by Gasteiger charge is -2.35. The largest absolute Gasteiger partial charge is 0.399 e. The van der Waals surface area contributed by atoms with Gasteiger partial charge in [-0.2, -0.15) is 0 Å². The zero-order chi connectivity index (χ0) is 14.9. The molecular weight excluding hydrogens is 276 g/mol. The Balaban J connectivity index is 2.12. The molecule has 0 aromatic heterocycles. The number of ether oxygens (including phenoxy) is 1. The van der Waals surface area contributed by atoms with Gasteiger partial charge < -0.3 is 10.5 Å². The maximum atomic E-state index is 12.5. The van der Waals surface area contributed by atoms with E-state index in [-0.39, 0.29) is 12.1 Å². The SMILES string of the molecule is CCOC1CC(NS(=O)(=O)c2c(C)cc(N)cc2C)C1. The molecule has 1 aromatic carbocycles. The van der Waals surface area contributed by atoms with E-state index in [1.807, 2.05) is 6.92 Å². The number of sulfonamides is 1. The fraction of sp³-hybridized carbons (Fsp3) is 0.571. The minimum absolute atomic E-state index is 0.0343. The molecule has 0 amide bonds. The minimum atomic E-state index is -3.50. The lowest BCUT2D eigenvalue weighted by atomic mass is 9.90. The smallest absolute Gasteiger partial charge is 0.241 e. The number of hydrogen-bond acceptors (Lipinski definition) is 4. The Kier molecular flexibility index (Phi) is 4.36. The van der Waals surface area contributed by atoms with Gasteiger partial charge in [0.15, 0.2) is 0 Å². The van der Waals surface area contributed by atoms with Gasteiger partial charge >= 0.3 is 0 Å². The highest BCUT2D eigenvalue weighted by Gasteiger charge is 2.34. The Hall–Kier alpha value is -1.11. The summed E-state index contributed by atoms with van der Waals surface area (Å²) in [7, 11) is -3.50. The van der Waals surface area contributed by atoms with Crippen molar-refractivity contribution < 1.29 is 13.2 Å². The number of nitrogen functional groups attached to an aromatic ring is 1. The van der Waals surface area contributed by atoms with Crippen LogP contribution >= 0.6 is 0 Å². The third-order valence-corrected chi connectivity index (χ3v) is 5.40. The molecule has 0 unspecified atom stereocenters. The zero-order valence-corrected chi connectivity index (χ0v) is 13.0. The van der Waals surface area contributed by atoms with Gasteiger partial charge in [-0.1, -0.05) is 0 Å². The van der Waals surface area contributed by atoms with Crippen molar-refractivity contribution in [2.45, 2.75) is 50.7 Å². The molecule has 1 aliphatic carbocycles. The second kappa shape index (κ2) is 5.71. The molecule has 1 saturated carbocycles. The molecule has 0 heterocycles. The van der Waals surface area contributed by atoms with Crippen LogP contribution in [-0.2, 0) is 14.8 Å². The average molecular weight is 298 g/mol. The van der Waals surface area contributed by atoms with E-state index in [1.54, 1.807) is 26.0 Å². The van der Waals surface area contributed by atoms with E-state index >= 15 is 0 Å². The molecule has 0 atom stereocenters. The highest BCUT2D eigenvalue weighted by atomic mass is 32.2. The Bertz CT molecular complexity index is 569. The van der Waals surface area contributed by atoms with Crippen molar-refractivity contribution >= 4 is 15.7 Å². The quantitative estimate of drug-likeness (QED) is 0.811. The van der Waals surface area contributed by atoms with Crippen molar-refractivity contribution in [1.82, 2.24) is 4.72 Å². The average Bonchev–Trinajstić information content (AvgIpc) is 2.23. The van der Waals surface area contributed by atoms with Gasteiger partial charge in [0.2, 0.25) is 10.0 Å². The molecule has 6 heteroatoms. The number of hydrogen-bond donors (Lipinski definition) is 2. The van der Waals surface area contributed by atoms with Crippen LogP contribution in [0.2, 0.25) is 0 Å². The molecule has 1 fully saturated rings. The first-order valence-corrected chi connectivity index (χ1v) is 8.32. The van der Waals surface area contributed by atoms with Crippen molar-refractivity contribution in [2.75, 3.05) is 12.3 Å². The van der Waals surface area contributed by atoms with Gasteiger partial charge in [0.1, 0.15) is 0 Å². The summed E-state index contributed by atoms with van der Waals surface area (Å²) in [5.74, 6) is 0. The van der Waals surface area contributed by atoms with Gasteiger partial charge in [-0.05, 0) is 56.9 Å². The van der Waals surface area contributed by atoms with Crippen LogP contribution in [0.3, 0.4) is 0 Å². The maximum Gasteiger partial charge on any atom is 0.241 e. The van der Waals surface area contributed by atoms with Crippen LogP contribution in [0, 0.1) is 13.8 Å². The van der Waals surface area contributed by atoms with Crippen LogP contribution in [-0.4, -0.2) is 27.2 Å². The third kappa shape index (κ3) is 3.13. The molecular formula is C14H22N2O3S. The molecule has 5 nitrogen and oxygen atoms in total.